The number of fused-ring (bicyclic) bond motifs is 1. The molecule has 2 N–H and O–H groups in total. The van der Waals surface area contributed by atoms with Crippen LogP contribution in [0.3, 0.4) is 0 Å². The minimum absolute atomic E-state index is 0.0819. The molecule has 1 fully saturated rings. The second-order valence-corrected chi connectivity index (χ2v) is 8.99. The number of ketones is 1. The quantitative estimate of drug-likeness (QED) is 0.407. The normalized spacial score (nSPS) is 14.6. The first-order chi connectivity index (χ1) is 16.5. The molecular formula is C25H28N8O. The van der Waals surface area contributed by atoms with E-state index in [4.69, 9.17) is 0 Å². The summed E-state index contributed by atoms with van der Waals surface area (Å²) in [7, 11) is 0. The molecule has 0 atom stereocenters. The molecule has 4 aromatic rings. The Balaban J connectivity index is 1.34. The van der Waals surface area contributed by atoms with Gasteiger partial charge >= 0.3 is 0 Å². The lowest BCUT2D eigenvalue weighted by atomic mass is 10.0. The van der Waals surface area contributed by atoms with E-state index in [-0.39, 0.29) is 18.2 Å². The van der Waals surface area contributed by atoms with E-state index in [1.54, 1.807) is 24.8 Å². The molecule has 1 aliphatic rings. The Morgan fingerprint density at radius 1 is 1.15 bits per heavy atom. The minimum atomic E-state index is -0.0819. The maximum Gasteiger partial charge on any atom is 0.190 e. The highest BCUT2D eigenvalue weighted by Gasteiger charge is 2.19. The third-order valence-corrected chi connectivity index (χ3v) is 5.97. The first-order valence-electron chi connectivity index (χ1n) is 11.7. The molecular weight excluding hydrogens is 428 g/mol. The van der Waals surface area contributed by atoms with Crippen molar-refractivity contribution in [3.05, 3.63) is 60.4 Å². The van der Waals surface area contributed by atoms with Crippen molar-refractivity contribution in [1.82, 2.24) is 35.3 Å². The van der Waals surface area contributed by atoms with Crippen LogP contribution in [0.15, 0.2) is 49.1 Å². The van der Waals surface area contributed by atoms with Crippen LogP contribution < -0.4 is 10.6 Å². The molecule has 0 unspecified atom stereocenters. The van der Waals surface area contributed by atoms with Crippen molar-refractivity contribution in [2.75, 3.05) is 18.4 Å². The molecule has 1 aliphatic heterocycles. The van der Waals surface area contributed by atoms with Crippen molar-refractivity contribution in [2.45, 2.75) is 45.2 Å². The smallest absolute Gasteiger partial charge is 0.190 e. The maximum atomic E-state index is 12.9. The number of Topliss-reactive ketones (excluding diaryl/α,β-unsaturated/α-hetero) is 1. The third-order valence-electron chi connectivity index (χ3n) is 5.97. The van der Waals surface area contributed by atoms with E-state index in [9.17, 15) is 4.79 Å². The summed E-state index contributed by atoms with van der Waals surface area (Å²) in [6.45, 7) is 6.05. The van der Waals surface area contributed by atoms with Gasteiger partial charge in [-0.2, -0.15) is 0 Å². The standard InChI is InChI=1S/C25H28N8O/c1-16(2)29-25-14-27-13-22(30-25)17-3-4-18-12-28-20(10-19(18)9-17)11-24(34)23-15-33(32-31-23)21-5-7-26-8-6-21/h3-4,9-10,12-16,21,26H,5-8,11H2,1-2H3,(H,29,30). The zero-order valence-electron chi connectivity index (χ0n) is 19.4. The maximum absolute atomic E-state index is 12.9. The van der Waals surface area contributed by atoms with Crippen molar-refractivity contribution in [2.24, 2.45) is 0 Å². The van der Waals surface area contributed by atoms with Gasteiger partial charge in [0.2, 0.25) is 0 Å². The van der Waals surface area contributed by atoms with Crippen LogP contribution >= 0.6 is 0 Å². The fourth-order valence-corrected chi connectivity index (χ4v) is 4.22. The number of carbonyl (C=O) groups excluding carboxylic acids is 1. The SMILES string of the molecule is CC(C)Nc1cncc(-c2ccc3cnc(CC(=O)c4cn(C5CCNCC5)nn4)cc3c2)n1. The fraction of sp³-hybridized carbons (Fsp3) is 0.360. The van der Waals surface area contributed by atoms with Crippen LogP contribution in [0.5, 0.6) is 0 Å². The summed E-state index contributed by atoms with van der Waals surface area (Å²) in [4.78, 5) is 26.4. The zero-order chi connectivity index (χ0) is 23.5. The molecule has 34 heavy (non-hydrogen) atoms. The second-order valence-electron chi connectivity index (χ2n) is 8.99. The van der Waals surface area contributed by atoms with Crippen LogP contribution in [0.4, 0.5) is 5.82 Å². The van der Waals surface area contributed by atoms with Gasteiger partial charge < -0.3 is 10.6 Å². The molecule has 3 aromatic heterocycles. The van der Waals surface area contributed by atoms with Crippen molar-refractivity contribution in [1.29, 1.82) is 0 Å². The van der Waals surface area contributed by atoms with Crippen molar-refractivity contribution >= 4 is 22.4 Å². The van der Waals surface area contributed by atoms with Gasteiger partial charge in [0, 0.05) is 28.9 Å². The molecule has 0 bridgehead atoms. The number of piperidine rings is 1. The molecule has 0 radical (unpaired) electrons. The number of nitrogens with one attached hydrogen (secondary N) is 2. The molecule has 1 aromatic carbocycles. The third kappa shape index (κ3) is 4.94. The summed E-state index contributed by atoms with van der Waals surface area (Å²) < 4.78 is 1.83. The van der Waals surface area contributed by atoms with Crippen molar-refractivity contribution in [3.63, 3.8) is 0 Å². The van der Waals surface area contributed by atoms with Gasteiger partial charge in [-0.1, -0.05) is 17.3 Å². The van der Waals surface area contributed by atoms with E-state index in [1.165, 1.54) is 0 Å². The van der Waals surface area contributed by atoms with E-state index in [1.807, 2.05) is 22.9 Å². The summed E-state index contributed by atoms with van der Waals surface area (Å²) in [5, 5.41) is 16.9. The Hall–Kier alpha value is -3.72. The molecule has 174 valence electrons. The summed E-state index contributed by atoms with van der Waals surface area (Å²) in [6, 6.07) is 8.60. The lowest BCUT2D eigenvalue weighted by Crippen LogP contribution is -2.29. The summed E-state index contributed by atoms with van der Waals surface area (Å²) in [6.07, 6.45) is 9.21. The molecule has 9 nitrogen and oxygen atoms in total. The van der Waals surface area contributed by atoms with Gasteiger partial charge in [0.05, 0.1) is 36.7 Å². The number of benzene rings is 1. The number of hydrogen-bond acceptors (Lipinski definition) is 8. The van der Waals surface area contributed by atoms with Crippen LogP contribution in [0.1, 0.15) is 48.9 Å². The molecule has 0 spiro atoms. The fourth-order valence-electron chi connectivity index (χ4n) is 4.22. The Kier molecular flexibility index (Phi) is 6.27. The summed E-state index contributed by atoms with van der Waals surface area (Å²) in [5.74, 6) is 0.660. The topological polar surface area (TPSA) is 111 Å². The average molecular weight is 457 g/mol. The largest absolute Gasteiger partial charge is 0.367 e. The van der Waals surface area contributed by atoms with Crippen molar-refractivity contribution in [3.8, 4) is 11.3 Å². The van der Waals surface area contributed by atoms with E-state index < -0.39 is 0 Å². The summed E-state index contributed by atoms with van der Waals surface area (Å²) in [5.41, 5.74) is 2.84. The van der Waals surface area contributed by atoms with E-state index in [0.717, 1.165) is 53.8 Å². The Morgan fingerprint density at radius 2 is 2.00 bits per heavy atom. The average Bonchev–Trinajstić information content (AvgIpc) is 3.35. The number of rotatable bonds is 7. The molecule has 1 saturated heterocycles. The minimum Gasteiger partial charge on any atom is -0.367 e. The molecule has 5 rings (SSSR count). The number of aromatic nitrogens is 6. The van der Waals surface area contributed by atoms with Gasteiger partial charge in [-0.25, -0.2) is 9.67 Å². The first kappa shape index (κ1) is 22.1. The molecule has 0 aliphatic carbocycles. The highest BCUT2D eigenvalue weighted by molar-refractivity contribution is 5.96. The van der Waals surface area contributed by atoms with Crippen LogP contribution in [0.25, 0.3) is 22.0 Å². The van der Waals surface area contributed by atoms with Gasteiger partial charge in [-0.3, -0.25) is 14.8 Å². The number of pyridine rings is 1. The van der Waals surface area contributed by atoms with Crippen LogP contribution in [0, 0.1) is 0 Å². The van der Waals surface area contributed by atoms with E-state index >= 15 is 0 Å². The van der Waals surface area contributed by atoms with Crippen LogP contribution in [0.2, 0.25) is 0 Å². The lowest BCUT2D eigenvalue weighted by Gasteiger charge is -2.22. The van der Waals surface area contributed by atoms with Gasteiger partial charge in [-0.05, 0) is 57.3 Å². The Labute approximate surface area is 198 Å². The molecule has 0 saturated carbocycles. The lowest BCUT2D eigenvalue weighted by molar-refractivity contribution is 0.0987. The monoisotopic (exact) mass is 456 g/mol. The number of hydrogen-bond donors (Lipinski definition) is 2. The van der Waals surface area contributed by atoms with Gasteiger partial charge in [0.1, 0.15) is 11.5 Å². The van der Waals surface area contributed by atoms with Crippen LogP contribution in [-0.4, -0.2) is 54.9 Å². The van der Waals surface area contributed by atoms with E-state index in [0.29, 0.717) is 17.4 Å². The Morgan fingerprint density at radius 3 is 2.82 bits per heavy atom. The first-order valence-corrected chi connectivity index (χ1v) is 11.7. The van der Waals surface area contributed by atoms with Crippen molar-refractivity contribution < 1.29 is 4.79 Å². The number of carbonyl (C=O) groups is 1. The number of anilines is 1. The molecule has 0 amide bonds. The van der Waals surface area contributed by atoms with Crippen LogP contribution in [-0.2, 0) is 6.42 Å². The predicted octanol–water partition coefficient (Wildman–Crippen LogP) is 3.45. The summed E-state index contributed by atoms with van der Waals surface area (Å²) >= 11 is 0. The highest BCUT2D eigenvalue weighted by Crippen LogP contribution is 2.24. The highest BCUT2D eigenvalue weighted by atomic mass is 16.1. The van der Waals surface area contributed by atoms with Gasteiger partial charge in [-0.15, -0.1) is 5.10 Å². The predicted molar refractivity (Wildman–Crippen MR) is 131 cm³/mol. The number of nitrogens with zero attached hydrogens (tertiary/aromatic N) is 6. The second kappa shape index (κ2) is 9.64. The van der Waals surface area contributed by atoms with Gasteiger partial charge in [0.25, 0.3) is 0 Å². The zero-order valence-corrected chi connectivity index (χ0v) is 19.4. The Bertz CT molecular complexity index is 1310. The van der Waals surface area contributed by atoms with E-state index in [2.05, 4.69) is 55.8 Å². The molecule has 4 heterocycles. The molecule has 9 heteroatoms. The van der Waals surface area contributed by atoms with Gasteiger partial charge in [0.15, 0.2) is 5.78 Å².